The van der Waals surface area contributed by atoms with Gasteiger partial charge >= 0.3 is 24.7 Å². The van der Waals surface area contributed by atoms with Gasteiger partial charge in [-0.3, -0.25) is 19.9 Å². The fourth-order valence-corrected chi connectivity index (χ4v) is 8.73. The molecule has 0 aliphatic rings. The van der Waals surface area contributed by atoms with Gasteiger partial charge < -0.3 is 9.13 Å². The molecule has 0 fully saturated rings. The number of rotatable bonds is 4. The smallest absolute Gasteiger partial charge is 0.308 e. The molecule has 0 spiro atoms. The molecule has 7 heterocycles. The zero-order valence-corrected chi connectivity index (χ0v) is 31.7. The van der Waals surface area contributed by atoms with Gasteiger partial charge in [0.05, 0.1) is 67.4 Å². The number of aromatic nitrogens is 8. The number of benzene rings is 3. The highest BCUT2D eigenvalue weighted by Crippen LogP contribution is 2.50. The topological polar surface area (TPSA) is 87.2 Å². The number of hydrogen-bond acceptors (Lipinski definition) is 7. The molecule has 7 aromatic heterocycles. The maximum absolute atomic E-state index is 15.2. The average molecular weight is 895 g/mol. The molecule has 0 aliphatic carbocycles. The lowest BCUT2D eigenvalue weighted by Crippen LogP contribution is -2.16. The lowest BCUT2D eigenvalue weighted by Gasteiger charge is -2.23. The number of alkyl halides is 12. The van der Waals surface area contributed by atoms with E-state index in [-0.39, 0.29) is 45.9 Å². The third-order valence-corrected chi connectivity index (χ3v) is 11.2. The summed E-state index contributed by atoms with van der Waals surface area (Å²) in [5.41, 5.74) is -12.3. The highest BCUT2D eigenvalue weighted by molar-refractivity contribution is 7.00. The Morgan fingerprint density at radius 2 is 0.667 bits per heavy atom. The Bertz CT molecular complexity index is 3160. The van der Waals surface area contributed by atoms with E-state index in [1.54, 1.807) is 0 Å². The van der Waals surface area contributed by atoms with Crippen molar-refractivity contribution in [3.63, 3.8) is 0 Å². The van der Waals surface area contributed by atoms with Crippen molar-refractivity contribution in [2.24, 2.45) is 0 Å². The maximum atomic E-state index is 15.2. The Morgan fingerprint density at radius 1 is 0.365 bits per heavy atom. The summed E-state index contributed by atoms with van der Waals surface area (Å²) in [5, 5.41) is 1.17. The summed E-state index contributed by atoms with van der Waals surface area (Å²) in [7, 11) is 0. The van der Waals surface area contributed by atoms with Gasteiger partial charge in [0.1, 0.15) is 11.0 Å². The molecule has 3 aromatic carbocycles. The van der Waals surface area contributed by atoms with Crippen molar-refractivity contribution in [3.05, 3.63) is 132 Å². The molecule has 0 radical (unpaired) electrons. The van der Waals surface area contributed by atoms with E-state index in [4.69, 9.17) is 0 Å². The molecule has 0 bridgehead atoms. The second-order valence-electron chi connectivity index (χ2n) is 14.2. The fourth-order valence-electron chi connectivity index (χ4n) is 8.15. The van der Waals surface area contributed by atoms with E-state index in [9.17, 15) is 0 Å². The first-order chi connectivity index (χ1) is 29.8. The molecular weight excluding hydrogens is 877 g/mol. The summed E-state index contributed by atoms with van der Waals surface area (Å²) in [6.45, 7) is 0. The first-order valence-electron chi connectivity index (χ1n) is 18.1. The van der Waals surface area contributed by atoms with Gasteiger partial charge in [-0.2, -0.15) is 61.4 Å². The zero-order chi connectivity index (χ0) is 44.4. The van der Waals surface area contributed by atoms with Crippen LogP contribution in [0.3, 0.4) is 0 Å². The molecule has 10 rings (SSSR count). The normalized spacial score (nSPS) is 13.1. The highest BCUT2D eigenvalue weighted by atomic mass is 32.1. The largest absolute Gasteiger partial charge is 0.418 e. The van der Waals surface area contributed by atoms with E-state index in [0.717, 1.165) is 21.3 Å². The molecule has 0 amide bonds. The van der Waals surface area contributed by atoms with Gasteiger partial charge in [-0.25, -0.2) is 0 Å². The predicted molar refractivity (Wildman–Crippen MR) is 208 cm³/mol. The monoisotopic (exact) mass is 894 g/mol. The second kappa shape index (κ2) is 13.7. The first kappa shape index (κ1) is 39.9. The minimum absolute atomic E-state index is 0.0756. The third-order valence-electron chi connectivity index (χ3n) is 10.7. The van der Waals surface area contributed by atoms with Crippen molar-refractivity contribution in [2.75, 3.05) is 0 Å². The molecule has 316 valence electrons. The molecule has 10 aromatic rings. The van der Waals surface area contributed by atoms with E-state index < -0.39 is 91.6 Å². The first-order valence-corrected chi connectivity index (χ1v) is 18.8. The molecular formula is C42H18F12N8S. The van der Waals surface area contributed by atoms with E-state index in [0.29, 0.717) is 33.7 Å². The van der Waals surface area contributed by atoms with Crippen LogP contribution in [0.5, 0.6) is 0 Å². The predicted octanol–water partition coefficient (Wildman–Crippen LogP) is 12.9. The number of fused-ring (bicyclic) bond motifs is 7. The quantitative estimate of drug-likeness (QED) is 0.164. The Balaban J connectivity index is 1.23. The van der Waals surface area contributed by atoms with Crippen LogP contribution >= 0.6 is 11.7 Å². The van der Waals surface area contributed by atoms with Crippen molar-refractivity contribution >= 4 is 66.4 Å². The van der Waals surface area contributed by atoms with Gasteiger partial charge in [-0.1, -0.05) is 12.1 Å². The number of nitrogens with zero attached hydrogens (tertiary/aromatic N) is 8. The van der Waals surface area contributed by atoms with Crippen LogP contribution in [0.15, 0.2) is 110 Å². The summed E-state index contributed by atoms with van der Waals surface area (Å²) in [6.07, 6.45) is -11.0. The summed E-state index contributed by atoms with van der Waals surface area (Å²) in [4.78, 5) is 16.0. The fraction of sp³-hybridized carbons (Fsp3) is 0.0952. The van der Waals surface area contributed by atoms with Gasteiger partial charge in [0, 0.05) is 82.2 Å². The zero-order valence-electron chi connectivity index (χ0n) is 30.9. The van der Waals surface area contributed by atoms with Crippen molar-refractivity contribution in [1.29, 1.82) is 0 Å². The summed E-state index contributed by atoms with van der Waals surface area (Å²) >= 11 is 0.286. The van der Waals surface area contributed by atoms with Crippen LogP contribution in [0.2, 0.25) is 0 Å². The molecule has 63 heavy (non-hydrogen) atoms. The number of hydrogen-bond donors (Lipinski definition) is 0. The van der Waals surface area contributed by atoms with E-state index in [1.165, 1.54) is 73.8 Å². The van der Waals surface area contributed by atoms with Crippen LogP contribution < -0.4 is 0 Å². The molecule has 0 unspecified atom stereocenters. The van der Waals surface area contributed by atoms with Gasteiger partial charge in [-0.05, 0) is 59.7 Å². The highest BCUT2D eigenvalue weighted by Gasteiger charge is 2.43. The van der Waals surface area contributed by atoms with Crippen molar-refractivity contribution in [3.8, 4) is 33.6 Å². The molecule has 0 atom stereocenters. The Hall–Kier alpha value is -7.16. The minimum atomic E-state index is -5.34. The number of halogens is 12. The Kier molecular flexibility index (Phi) is 8.67. The minimum Gasteiger partial charge on any atom is -0.308 e. The molecule has 8 nitrogen and oxygen atoms in total. The molecule has 0 N–H and O–H groups in total. The van der Waals surface area contributed by atoms with Crippen LogP contribution in [0, 0.1) is 0 Å². The molecule has 21 heteroatoms. The molecule has 0 saturated heterocycles. The average Bonchev–Trinajstić information content (AvgIpc) is 3.95. The van der Waals surface area contributed by atoms with E-state index in [1.807, 2.05) is 0 Å². The molecule has 0 saturated carbocycles. The van der Waals surface area contributed by atoms with Crippen LogP contribution in [0.1, 0.15) is 22.3 Å². The SMILES string of the molecule is FC(F)(F)c1cc(-n2c3ccncc3c3cnccc32)c(C(F)(F)F)cc1-c1ccc(-c2cc(C(F)(F)F)c(-n3c4ccncc4c4cnccc43)cc2C(F)(F)F)c2nsnc12. The van der Waals surface area contributed by atoms with Gasteiger partial charge in [0.25, 0.3) is 0 Å². The molecule has 0 aliphatic heterocycles. The Morgan fingerprint density at radius 3 is 0.952 bits per heavy atom. The second-order valence-corrected chi connectivity index (χ2v) is 14.7. The Labute approximate surface area is 347 Å². The summed E-state index contributed by atoms with van der Waals surface area (Å²) in [5.74, 6) is 0. The summed E-state index contributed by atoms with van der Waals surface area (Å²) in [6, 6.07) is 8.02. The van der Waals surface area contributed by atoms with Gasteiger partial charge in [0.2, 0.25) is 0 Å². The van der Waals surface area contributed by atoms with Crippen LogP contribution in [-0.2, 0) is 24.7 Å². The van der Waals surface area contributed by atoms with Crippen LogP contribution in [0.4, 0.5) is 52.7 Å². The van der Waals surface area contributed by atoms with Crippen LogP contribution in [0.25, 0.3) is 88.3 Å². The maximum Gasteiger partial charge on any atom is 0.418 e. The van der Waals surface area contributed by atoms with Crippen LogP contribution in [-0.4, -0.2) is 37.8 Å². The van der Waals surface area contributed by atoms with Crippen molar-refractivity contribution in [1.82, 2.24) is 37.8 Å². The van der Waals surface area contributed by atoms with E-state index in [2.05, 4.69) is 28.7 Å². The van der Waals surface area contributed by atoms with E-state index >= 15 is 52.7 Å². The van der Waals surface area contributed by atoms with Crippen molar-refractivity contribution in [2.45, 2.75) is 24.7 Å². The lowest BCUT2D eigenvalue weighted by atomic mass is 9.90. The summed E-state index contributed by atoms with van der Waals surface area (Å²) < 4.78 is 192. The standard InChI is InChI=1S/C42H18F12N8S/c43-39(44,45)27-13-35(61-31-3-7-55-15-23(31)24-16-56-8-4-32(24)61)29(41(49,50)51)11-21(27)19-1-2-20(38-37(19)59-63-60-38)22-12-30(42(52,53)54)36(14-28(22)40(46,47)48)62-33-5-9-57-17-25(33)26-18-58-10-6-34(26)62/h1-18H. The van der Waals surface area contributed by atoms with Crippen molar-refractivity contribution < 1.29 is 52.7 Å². The third kappa shape index (κ3) is 6.30. The lowest BCUT2D eigenvalue weighted by molar-refractivity contribution is -0.140. The number of pyridine rings is 4. The van der Waals surface area contributed by atoms with Gasteiger partial charge in [0.15, 0.2) is 0 Å². The van der Waals surface area contributed by atoms with Gasteiger partial charge in [-0.15, -0.1) is 0 Å².